The number of amides is 1. The highest BCUT2D eigenvalue weighted by atomic mass is 16.6. The molecule has 2 aromatic rings. The Hall–Kier alpha value is -2.86. The Morgan fingerprint density at radius 2 is 1.88 bits per heavy atom. The van der Waals surface area contributed by atoms with E-state index in [2.05, 4.69) is 5.32 Å². The van der Waals surface area contributed by atoms with E-state index in [1.165, 1.54) is 0 Å². The molecule has 1 amide bonds. The number of nitrogens with one attached hydrogen (secondary N) is 2. The van der Waals surface area contributed by atoms with Gasteiger partial charge in [0.25, 0.3) is 0 Å². The number of aliphatic hydroxyl groups is 1. The standard InChI is InChI=1S/C26H35N3O3/c1-26(2,3)32-25(31)29(21-11-12-21)18-20-10-13-22(24(17-20)28-14-7-15-30)23(27)16-19-8-5-4-6-9-19/h4-6,8-10,13,17,21,27-28,30H,7,11-12,14-16,18H2,1-3H3. The van der Waals surface area contributed by atoms with Gasteiger partial charge in [0.05, 0.1) is 0 Å². The van der Waals surface area contributed by atoms with Gasteiger partial charge < -0.3 is 25.5 Å². The molecule has 0 saturated heterocycles. The van der Waals surface area contributed by atoms with E-state index in [0.29, 0.717) is 31.6 Å². The Balaban J connectivity index is 1.79. The maximum Gasteiger partial charge on any atom is 0.410 e. The van der Waals surface area contributed by atoms with Gasteiger partial charge in [0, 0.05) is 49.1 Å². The molecule has 32 heavy (non-hydrogen) atoms. The number of aliphatic hydroxyl groups excluding tert-OH is 1. The van der Waals surface area contributed by atoms with Crippen LogP contribution in [0.5, 0.6) is 0 Å². The van der Waals surface area contributed by atoms with Crippen LogP contribution in [0.4, 0.5) is 10.5 Å². The van der Waals surface area contributed by atoms with Crippen LogP contribution in [0.25, 0.3) is 0 Å². The summed E-state index contributed by atoms with van der Waals surface area (Å²) in [5.74, 6) is 0. The third-order valence-corrected chi connectivity index (χ3v) is 5.25. The van der Waals surface area contributed by atoms with Crippen LogP contribution in [0.15, 0.2) is 48.5 Å². The summed E-state index contributed by atoms with van der Waals surface area (Å²) in [7, 11) is 0. The Morgan fingerprint density at radius 3 is 2.50 bits per heavy atom. The zero-order valence-corrected chi connectivity index (χ0v) is 19.4. The largest absolute Gasteiger partial charge is 0.444 e. The van der Waals surface area contributed by atoms with E-state index in [1.807, 2.05) is 74.2 Å². The molecule has 0 atom stereocenters. The van der Waals surface area contributed by atoms with Crippen molar-refractivity contribution in [2.45, 2.75) is 64.6 Å². The molecule has 0 aliphatic heterocycles. The Morgan fingerprint density at radius 1 is 1.16 bits per heavy atom. The third kappa shape index (κ3) is 7.09. The predicted molar refractivity (Wildman–Crippen MR) is 128 cm³/mol. The van der Waals surface area contributed by atoms with Gasteiger partial charge in [-0.2, -0.15) is 0 Å². The highest BCUT2D eigenvalue weighted by Gasteiger charge is 2.35. The number of nitrogens with zero attached hydrogens (tertiary/aromatic N) is 1. The van der Waals surface area contributed by atoms with Gasteiger partial charge in [-0.05, 0) is 57.2 Å². The molecule has 2 aromatic carbocycles. The fourth-order valence-electron chi connectivity index (χ4n) is 3.54. The average molecular weight is 438 g/mol. The topological polar surface area (TPSA) is 85.7 Å². The monoisotopic (exact) mass is 437 g/mol. The summed E-state index contributed by atoms with van der Waals surface area (Å²) in [6.07, 6.45) is 2.89. The molecule has 3 N–H and O–H groups in total. The van der Waals surface area contributed by atoms with Crippen molar-refractivity contribution in [3.63, 3.8) is 0 Å². The summed E-state index contributed by atoms with van der Waals surface area (Å²) >= 11 is 0. The Bertz CT molecular complexity index is 918. The number of anilines is 1. The van der Waals surface area contributed by atoms with Crippen LogP contribution in [0, 0.1) is 5.41 Å². The molecule has 3 rings (SSSR count). The molecular formula is C26H35N3O3. The maximum atomic E-state index is 12.7. The van der Waals surface area contributed by atoms with Crippen LogP contribution in [-0.2, 0) is 17.7 Å². The second kappa shape index (κ2) is 10.6. The third-order valence-electron chi connectivity index (χ3n) is 5.25. The second-order valence-electron chi connectivity index (χ2n) is 9.36. The molecule has 6 heteroatoms. The van der Waals surface area contributed by atoms with Gasteiger partial charge in [0.1, 0.15) is 5.60 Å². The SMILES string of the molecule is CC(C)(C)OC(=O)N(Cc1ccc(C(=N)Cc2ccccc2)c(NCCCO)c1)C1CC1. The van der Waals surface area contributed by atoms with Crippen LogP contribution >= 0.6 is 0 Å². The number of benzene rings is 2. The normalized spacial score (nSPS) is 13.5. The van der Waals surface area contributed by atoms with Crippen LogP contribution in [0.3, 0.4) is 0 Å². The number of carbonyl (C=O) groups excluding carboxylic acids is 1. The molecule has 0 unspecified atom stereocenters. The van der Waals surface area contributed by atoms with Crippen LogP contribution in [-0.4, -0.2) is 46.6 Å². The van der Waals surface area contributed by atoms with Gasteiger partial charge >= 0.3 is 6.09 Å². The Labute approximate surface area is 191 Å². The molecule has 0 aromatic heterocycles. The van der Waals surface area contributed by atoms with Crippen molar-refractivity contribution in [2.24, 2.45) is 0 Å². The molecule has 1 aliphatic carbocycles. The summed E-state index contributed by atoms with van der Waals surface area (Å²) in [6.45, 7) is 6.84. The number of carbonyl (C=O) groups is 1. The summed E-state index contributed by atoms with van der Waals surface area (Å²) in [5, 5.41) is 21.2. The lowest BCUT2D eigenvalue weighted by Gasteiger charge is -2.28. The van der Waals surface area contributed by atoms with E-state index in [-0.39, 0.29) is 18.7 Å². The number of ether oxygens (including phenoxy) is 1. The van der Waals surface area contributed by atoms with E-state index in [1.54, 1.807) is 0 Å². The fourth-order valence-corrected chi connectivity index (χ4v) is 3.54. The quantitative estimate of drug-likeness (QED) is 0.361. The van der Waals surface area contributed by atoms with Gasteiger partial charge in [-0.3, -0.25) is 0 Å². The van der Waals surface area contributed by atoms with E-state index < -0.39 is 5.60 Å². The first-order valence-electron chi connectivity index (χ1n) is 11.4. The molecule has 172 valence electrons. The summed E-state index contributed by atoms with van der Waals surface area (Å²) < 4.78 is 5.62. The highest BCUT2D eigenvalue weighted by molar-refractivity contribution is 6.04. The zero-order valence-electron chi connectivity index (χ0n) is 19.4. The van der Waals surface area contributed by atoms with E-state index >= 15 is 0 Å². The number of hydrogen-bond donors (Lipinski definition) is 3. The molecule has 1 saturated carbocycles. The molecule has 1 aliphatic rings. The minimum atomic E-state index is -0.530. The van der Waals surface area contributed by atoms with Crippen LogP contribution in [0.1, 0.15) is 56.7 Å². The molecular weight excluding hydrogens is 402 g/mol. The van der Waals surface area contributed by atoms with E-state index in [0.717, 1.165) is 35.2 Å². The average Bonchev–Trinajstić information content (AvgIpc) is 3.57. The number of rotatable bonds is 10. The van der Waals surface area contributed by atoms with Gasteiger partial charge in [-0.15, -0.1) is 0 Å². The van der Waals surface area contributed by atoms with Crippen molar-refractivity contribution in [1.82, 2.24) is 4.90 Å². The minimum absolute atomic E-state index is 0.109. The molecule has 6 nitrogen and oxygen atoms in total. The van der Waals surface area contributed by atoms with Crippen molar-refractivity contribution < 1.29 is 14.6 Å². The van der Waals surface area contributed by atoms with Crippen molar-refractivity contribution >= 4 is 17.5 Å². The van der Waals surface area contributed by atoms with Crippen molar-refractivity contribution in [1.29, 1.82) is 5.41 Å². The van der Waals surface area contributed by atoms with Crippen LogP contribution in [0.2, 0.25) is 0 Å². The molecule has 0 heterocycles. The molecule has 0 radical (unpaired) electrons. The molecule has 0 bridgehead atoms. The first kappa shape index (κ1) is 23.8. The van der Waals surface area contributed by atoms with Crippen LogP contribution < -0.4 is 5.32 Å². The lowest BCUT2D eigenvalue weighted by Crippen LogP contribution is -2.37. The van der Waals surface area contributed by atoms with Gasteiger partial charge in [0.15, 0.2) is 0 Å². The van der Waals surface area contributed by atoms with Gasteiger partial charge in [-0.1, -0.05) is 42.5 Å². The van der Waals surface area contributed by atoms with Crippen molar-refractivity contribution in [3.8, 4) is 0 Å². The van der Waals surface area contributed by atoms with E-state index in [4.69, 9.17) is 10.1 Å². The summed E-state index contributed by atoms with van der Waals surface area (Å²) in [6, 6.07) is 16.2. The highest BCUT2D eigenvalue weighted by Crippen LogP contribution is 2.31. The second-order valence-corrected chi connectivity index (χ2v) is 9.36. The lowest BCUT2D eigenvalue weighted by molar-refractivity contribution is 0.0216. The zero-order chi connectivity index (χ0) is 23.1. The smallest absolute Gasteiger partial charge is 0.410 e. The molecule has 1 fully saturated rings. The maximum absolute atomic E-state index is 12.7. The summed E-state index contributed by atoms with van der Waals surface area (Å²) in [5.41, 5.74) is 3.78. The lowest BCUT2D eigenvalue weighted by atomic mass is 9.99. The van der Waals surface area contributed by atoms with Gasteiger partial charge in [0.2, 0.25) is 0 Å². The van der Waals surface area contributed by atoms with Gasteiger partial charge in [-0.25, -0.2) is 4.79 Å². The molecule has 0 spiro atoms. The first-order chi connectivity index (χ1) is 15.3. The van der Waals surface area contributed by atoms with Crippen molar-refractivity contribution in [2.75, 3.05) is 18.5 Å². The van der Waals surface area contributed by atoms with Crippen molar-refractivity contribution in [3.05, 3.63) is 65.2 Å². The Kier molecular flexibility index (Phi) is 7.91. The first-order valence-corrected chi connectivity index (χ1v) is 11.4. The van der Waals surface area contributed by atoms with E-state index in [9.17, 15) is 9.90 Å². The summed E-state index contributed by atoms with van der Waals surface area (Å²) in [4.78, 5) is 14.6. The fraction of sp³-hybridized carbons (Fsp3) is 0.462. The predicted octanol–water partition coefficient (Wildman–Crippen LogP) is 4.99. The number of hydrogen-bond acceptors (Lipinski definition) is 5. The minimum Gasteiger partial charge on any atom is -0.444 e.